The molecule has 0 atom stereocenters. The van der Waals surface area contributed by atoms with Gasteiger partial charge >= 0.3 is 0 Å². The third kappa shape index (κ3) is 5.29. The Morgan fingerprint density at radius 1 is 1.27 bits per heavy atom. The number of amides is 1. The molecule has 0 bridgehead atoms. The number of aryl methyl sites for hydroxylation is 1. The van der Waals surface area contributed by atoms with Gasteiger partial charge < -0.3 is 9.88 Å². The predicted octanol–water partition coefficient (Wildman–Crippen LogP) is 5.32. The van der Waals surface area contributed by atoms with Gasteiger partial charge in [-0.15, -0.1) is 16.8 Å². The number of para-hydroxylation sites is 1. The molecule has 1 saturated carbocycles. The van der Waals surface area contributed by atoms with Crippen molar-refractivity contribution >= 4 is 44.4 Å². The van der Waals surface area contributed by atoms with Crippen LogP contribution >= 0.6 is 23.1 Å². The number of hydrogen-bond acceptors (Lipinski definition) is 6. The lowest BCUT2D eigenvalue weighted by atomic mass is 9.86. The Balaban J connectivity index is 1.34. The van der Waals surface area contributed by atoms with Gasteiger partial charge in [-0.05, 0) is 24.5 Å². The minimum Gasteiger partial charge on any atom is -0.302 e. The molecule has 2 aromatic heterocycles. The van der Waals surface area contributed by atoms with E-state index in [1.807, 2.05) is 30.3 Å². The molecule has 0 unspecified atom stereocenters. The van der Waals surface area contributed by atoms with Gasteiger partial charge in [0.05, 0.1) is 16.0 Å². The maximum Gasteiger partial charge on any atom is 0.236 e. The number of allylic oxidation sites excluding steroid dienone is 1. The molecule has 0 aliphatic heterocycles. The molecule has 1 aliphatic rings. The Hall–Kier alpha value is -2.19. The fourth-order valence-electron chi connectivity index (χ4n) is 3.94. The summed E-state index contributed by atoms with van der Waals surface area (Å²) in [6, 6.07) is 7.87. The predicted molar refractivity (Wildman–Crippen MR) is 124 cm³/mol. The molecule has 30 heavy (non-hydrogen) atoms. The summed E-state index contributed by atoms with van der Waals surface area (Å²) in [4.78, 5) is 16.9. The highest BCUT2D eigenvalue weighted by atomic mass is 32.2. The average Bonchev–Trinajstić information content (AvgIpc) is 3.35. The van der Waals surface area contributed by atoms with Crippen molar-refractivity contribution in [2.45, 2.75) is 56.6 Å². The van der Waals surface area contributed by atoms with Crippen LogP contribution in [-0.2, 0) is 17.8 Å². The summed E-state index contributed by atoms with van der Waals surface area (Å²) in [5.41, 5.74) is 0.902. The molecule has 158 valence electrons. The van der Waals surface area contributed by atoms with E-state index in [2.05, 4.69) is 31.6 Å². The van der Waals surface area contributed by atoms with Crippen LogP contribution in [0.2, 0.25) is 0 Å². The van der Waals surface area contributed by atoms with Crippen LogP contribution in [0.5, 0.6) is 0 Å². The third-order valence-electron chi connectivity index (χ3n) is 5.48. The molecule has 1 amide bonds. The van der Waals surface area contributed by atoms with Gasteiger partial charge in [0.25, 0.3) is 0 Å². The van der Waals surface area contributed by atoms with Crippen LogP contribution in [0.25, 0.3) is 10.2 Å². The number of thiazole rings is 1. The zero-order valence-corrected chi connectivity index (χ0v) is 18.7. The smallest absolute Gasteiger partial charge is 0.236 e. The largest absolute Gasteiger partial charge is 0.302 e. The summed E-state index contributed by atoms with van der Waals surface area (Å²) >= 11 is 2.89. The topological polar surface area (TPSA) is 72.7 Å². The number of thioether (sulfide) groups is 1. The summed E-state index contributed by atoms with van der Waals surface area (Å²) in [6.45, 7) is 4.53. The first-order valence-electron chi connectivity index (χ1n) is 10.5. The molecule has 1 fully saturated rings. The molecular formula is C22H27N5OS2. The highest BCUT2D eigenvalue weighted by Crippen LogP contribution is 2.28. The van der Waals surface area contributed by atoms with Crippen molar-refractivity contribution in [3.05, 3.63) is 42.7 Å². The van der Waals surface area contributed by atoms with E-state index in [9.17, 15) is 4.79 Å². The lowest BCUT2D eigenvalue weighted by Crippen LogP contribution is -2.14. The number of nitrogens with zero attached hydrogens (tertiary/aromatic N) is 4. The Labute approximate surface area is 185 Å². The molecule has 0 spiro atoms. The van der Waals surface area contributed by atoms with E-state index in [0.717, 1.165) is 40.0 Å². The Morgan fingerprint density at radius 3 is 2.90 bits per heavy atom. The summed E-state index contributed by atoms with van der Waals surface area (Å²) < 4.78 is 3.15. The molecule has 6 nitrogen and oxygen atoms in total. The molecule has 8 heteroatoms. The number of rotatable bonds is 9. The summed E-state index contributed by atoms with van der Waals surface area (Å²) in [5.74, 6) is 1.99. The van der Waals surface area contributed by atoms with Crippen molar-refractivity contribution in [2.24, 2.45) is 5.92 Å². The lowest BCUT2D eigenvalue weighted by Gasteiger charge is -2.21. The minimum absolute atomic E-state index is 0.0871. The molecule has 2 heterocycles. The second kappa shape index (κ2) is 10.2. The van der Waals surface area contributed by atoms with Crippen LogP contribution < -0.4 is 5.32 Å². The van der Waals surface area contributed by atoms with Crippen molar-refractivity contribution in [2.75, 3.05) is 11.1 Å². The van der Waals surface area contributed by atoms with E-state index in [-0.39, 0.29) is 11.7 Å². The van der Waals surface area contributed by atoms with Crippen molar-refractivity contribution in [3.8, 4) is 0 Å². The first kappa shape index (κ1) is 21.1. The van der Waals surface area contributed by atoms with Crippen molar-refractivity contribution in [3.63, 3.8) is 0 Å². The summed E-state index contributed by atoms with van der Waals surface area (Å²) in [6.07, 6.45) is 10.7. The van der Waals surface area contributed by atoms with E-state index < -0.39 is 0 Å². The summed E-state index contributed by atoms with van der Waals surface area (Å²) in [7, 11) is 0. The van der Waals surface area contributed by atoms with Crippen molar-refractivity contribution in [1.29, 1.82) is 0 Å². The first-order chi connectivity index (χ1) is 14.7. The van der Waals surface area contributed by atoms with Gasteiger partial charge in [0.15, 0.2) is 10.3 Å². The van der Waals surface area contributed by atoms with Gasteiger partial charge in [-0.2, -0.15) is 0 Å². The molecule has 0 saturated heterocycles. The average molecular weight is 442 g/mol. The van der Waals surface area contributed by atoms with E-state index in [0.29, 0.717) is 11.7 Å². The van der Waals surface area contributed by atoms with Crippen LogP contribution in [-0.4, -0.2) is 31.4 Å². The zero-order chi connectivity index (χ0) is 20.8. The maximum absolute atomic E-state index is 12.4. The number of nitrogens with one attached hydrogen (secondary N) is 1. The summed E-state index contributed by atoms with van der Waals surface area (Å²) in [5, 5.41) is 13.1. The van der Waals surface area contributed by atoms with E-state index in [1.54, 1.807) is 0 Å². The molecular weight excluding hydrogens is 414 g/mol. The van der Waals surface area contributed by atoms with E-state index in [1.165, 1.54) is 55.2 Å². The number of aromatic nitrogens is 4. The van der Waals surface area contributed by atoms with Crippen LogP contribution in [0.1, 0.15) is 44.3 Å². The van der Waals surface area contributed by atoms with Gasteiger partial charge in [-0.25, -0.2) is 4.98 Å². The second-order valence-electron chi connectivity index (χ2n) is 7.66. The fraction of sp³-hybridized carbons (Fsp3) is 0.455. The number of benzene rings is 1. The zero-order valence-electron chi connectivity index (χ0n) is 17.0. The van der Waals surface area contributed by atoms with Crippen molar-refractivity contribution in [1.82, 2.24) is 19.7 Å². The highest BCUT2D eigenvalue weighted by Gasteiger charge is 2.18. The lowest BCUT2D eigenvalue weighted by molar-refractivity contribution is -0.113. The van der Waals surface area contributed by atoms with E-state index in [4.69, 9.17) is 0 Å². The fourth-order valence-corrected chi connectivity index (χ4v) is 5.59. The maximum atomic E-state index is 12.4. The molecule has 0 radical (unpaired) electrons. The second-order valence-corrected chi connectivity index (χ2v) is 9.64. The number of hydrogen-bond donors (Lipinski definition) is 1. The van der Waals surface area contributed by atoms with E-state index >= 15 is 0 Å². The molecule has 1 N–H and O–H groups in total. The number of carbonyl (C=O) groups is 1. The number of carbonyl (C=O) groups excluding carboxylic acids is 1. The number of anilines is 1. The quantitative estimate of drug-likeness (QED) is 0.359. The number of fused-ring (bicyclic) bond motifs is 1. The molecule has 3 aromatic rings. The van der Waals surface area contributed by atoms with Gasteiger partial charge in [0, 0.05) is 13.0 Å². The normalized spacial score (nSPS) is 14.8. The Kier molecular flexibility index (Phi) is 7.17. The molecule has 1 aliphatic carbocycles. The standard InChI is InChI=1S/C22H27N5OS2/c1-2-14-27-19(13-12-16-8-4-3-5-9-16)25-26-22(27)29-15-20(28)24-21-23-17-10-6-7-11-18(17)30-21/h2,6-7,10-11,16H,1,3-5,8-9,12-15H2,(H,23,24,28). The van der Waals surface area contributed by atoms with Gasteiger partial charge in [0.1, 0.15) is 5.82 Å². The van der Waals surface area contributed by atoms with Gasteiger partial charge in [-0.3, -0.25) is 4.79 Å². The SMILES string of the molecule is C=CCn1c(CCC2CCCCC2)nnc1SCC(=O)Nc1nc2ccccc2s1. The van der Waals surface area contributed by atoms with Gasteiger partial charge in [0.2, 0.25) is 5.91 Å². The first-order valence-corrected chi connectivity index (χ1v) is 12.3. The third-order valence-corrected chi connectivity index (χ3v) is 7.40. The van der Waals surface area contributed by atoms with Crippen LogP contribution in [0.3, 0.4) is 0 Å². The highest BCUT2D eigenvalue weighted by molar-refractivity contribution is 7.99. The monoisotopic (exact) mass is 441 g/mol. The van der Waals surface area contributed by atoms with Crippen LogP contribution in [0, 0.1) is 5.92 Å². The minimum atomic E-state index is -0.0871. The van der Waals surface area contributed by atoms with Gasteiger partial charge in [-0.1, -0.05) is 73.4 Å². The molecule has 1 aromatic carbocycles. The Morgan fingerprint density at radius 2 is 2.10 bits per heavy atom. The molecule has 4 rings (SSSR count). The van der Waals surface area contributed by atoms with Crippen LogP contribution in [0.15, 0.2) is 42.1 Å². The van der Waals surface area contributed by atoms with Crippen LogP contribution in [0.4, 0.5) is 5.13 Å². The Bertz CT molecular complexity index is 973. The van der Waals surface area contributed by atoms with Crippen molar-refractivity contribution < 1.29 is 4.79 Å².